The number of thiophene rings is 1. The number of aromatic amines is 2. The first-order valence-electron chi connectivity index (χ1n) is 5.02. The van der Waals surface area contributed by atoms with Crippen LogP contribution in [0.15, 0.2) is 22.3 Å². The Kier molecular flexibility index (Phi) is 3.10. The Labute approximate surface area is 100 Å². The Hall–Kier alpha value is -1.89. The molecule has 1 atom stereocenters. The van der Waals surface area contributed by atoms with Crippen LogP contribution in [0.25, 0.3) is 0 Å². The number of aryl methyl sites for hydroxylation is 1. The predicted molar refractivity (Wildman–Crippen MR) is 64.2 cm³/mol. The quantitative estimate of drug-likeness (QED) is 0.638. The monoisotopic (exact) mass is 253 g/mol. The van der Waals surface area contributed by atoms with Gasteiger partial charge in [-0.25, -0.2) is 0 Å². The van der Waals surface area contributed by atoms with Crippen molar-refractivity contribution in [3.8, 4) is 0 Å². The van der Waals surface area contributed by atoms with E-state index in [1.165, 1.54) is 11.3 Å². The summed E-state index contributed by atoms with van der Waals surface area (Å²) in [6.07, 6.45) is 0. The molecule has 90 valence electrons. The van der Waals surface area contributed by atoms with Crippen LogP contribution in [0.2, 0.25) is 0 Å². The molecule has 0 aliphatic rings. The minimum atomic E-state index is -0.486. The third kappa shape index (κ3) is 2.28. The summed E-state index contributed by atoms with van der Waals surface area (Å²) in [4.78, 5) is 22.8. The molecular formula is C10H11N3O3S. The second-order valence-corrected chi connectivity index (χ2v) is 4.68. The van der Waals surface area contributed by atoms with E-state index in [4.69, 9.17) is 0 Å². The van der Waals surface area contributed by atoms with Crippen molar-refractivity contribution in [2.24, 2.45) is 0 Å². The van der Waals surface area contributed by atoms with Crippen LogP contribution in [0.5, 0.6) is 0 Å². The van der Waals surface area contributed by atoms with Gasteiger partial charge in [-0.3, -0.25) is 20.0 Å². The smallest absolute Gasteiger partial charge is 0.268 e. The lowest BCUT2D eigenvalue weighted by Gasteiger charge is -2.09. The Morgan fingerprint density at radius 2 is 2.29 bits per heavy atom. The Morgan fingerprint density at radius 3 is 2.76 bits per heavy atom. The van der Waals surface area contributed by atoms with Gasteiger partial charge in [0.2, 0.25) is 6.54 Å². The molecule has 0 aromatic carbocycles. The molecule has 2 heterocycles. The summed E-state index contributed by atoms with van der Waals surface area (Å²) in [6, 6.07) is 3.63. The number of nitro groups is 1. The molecule has 2 rings (SSSR count). The minimum absolute atomic E-state index is 0.276. The highest BCUT2D eigenvalue weighted by Gasteiger charge is 2.26. The highest BCUT2D eigenvalue weighted by molar-refractivity contribution is 7.10. The average molecular weight is 253 g/mol. The lowest BCUT2D eigenvalue weighted by molar-refractivity contribution is -0.481. The fourth-order valence-corrected chi connectivity index (χ4v) is 2.67. The number of nitrogens with one attached hydrogen (secondary N) is 2. The molecule has 0 saturated heterocycles. The SMILES string of the molecule is Cc1[nH][nH]c(=O)c1C(C[N+](=O)[O-])c1cccs1. The van der Waals surface area contributed by atoms with Crippen LogP contribution in [0.3, 0.4) is 0 Å². The van der Waals surface area contributed by atoms with E-state index < -0.39 is 10.8 Å². The molecule has 0 saturated carbocycles. The van der Waals surface area contributed by atoms with E-state index in [9.17, 15) is 14.9 Å². The second-order valence-electron chi connectivity index (χ2n) is 3.70. The van der Waals surface area contributed by atoms with Crippen LogP contribution in [-0.2, 0) is 0 Å². The van der Waals surface area contributed by atoms with E-state index in [0.29, 0.717) is 11.3 Å². The Balaban J connectivity index is 2.48. The van der Waals surface area contributed by atoms with Gasteiger partial charge in [0.25, 0.3) is 5.56 Å². The van der Waals surface area contributed by atoms with E-state index in [1.807, 2.05) is 17.5 Å². The van der Waals surface area contributed by atoms with Gasteiger partial charge in [-0.15, -0.1) is 11.3 Å². The molecule has 6 nitrogen and oxygen atoms in total. The highest BCUT2D eigenvalue weighted by Crippen LogP contribution is 2.27. The van der Waals surface area contributed by atoms with Crippen LogP contribution in [0.4, 0.5) is 0 Å². The summed E-state index contributed by atoms with van der Waals surface area (Å²) in [7, 11) is 0. The van der Waals surface area contributed by atoms with Crippen LogP contribution in [0, 0.1) is 17.0 Å². The third-order valence-electron chi connectivity index (χ3n) is 2.58. The number of H-pyrrole nitrogens is 2. The molecule has 17 heavy (non-hydrogen) atoms. The van der Waals surface area contributed by atoms with E-state index in [2.05, 4.69) is 10.2 Å². The van der Waals surface area contributed by atoms with E-state index in [0.717, 1.165) is 4.88 Å². The molecule has 0 aliphatic carbocycles. The standard InChI is InChI=1S/C10H11N3O3S/c1-6-9(10(14)12-11-6)7(5-13(15)16)8-3-2-4-17-8/h2-4,7H,5H2,1H3,(H2,11,12,14). The summed E-state index contributed by atoms with van der Waals surface area (Å²) >= 11 is 1.42. The Bertz CT molecular complexity index is 570. The minimum Gasteiger partial charge on any atom is -0.302 e. The number of hydrogen-bond donors (Lipinski definition) is 2. The summed E-state index contributed by atoms with van der Waals surface area (Å²) in [6.45, 7) is 1.45. The molecule has 0 bridgehead atoms. The first-order chi connectivity index (χ1) is 8.09. The normalized spacial score (nSPS) is 12.5. The molecule has 2 aromatic heterocycles. The fourth-order valence-electron chi connectivity index (χ4n) is 1.84. The van der Waals surface area contributed by atoms with Gasteiger partial charge in [-0.2, -0.15) is 0 Å². The van der Waals surface area contributed by atoms with E-state index in [1.54, 1.807) is 6.92 Å². The zero-order valence-electron chi connectivity index (χ0n) is 9.10. The molecule has 0 amide bonds. The molecule has 1 unspecified atom stereocenters. The van der Waals surface area contributed by atoms with Crippen LogP contribution in [0.1, 0.15) is 22.1 Å². The van der Waals surface area contributed by atoms with Gasteiger partial charge in [-0.1, -0.05) is 6.07 Å². The highest BCUT2D eigenvalue weighted by atomic mass is 32.1. The van der Waals surface area contributed by atoms with Crippen LogP contribution < -0.4 is 5.56 Å². The zero-order valence-corrected chi connectivity index (χ0v) is 9.91. The van der Waals surface area contributed by atoms with Crippen molar-refractivity contribution in [1.82, 2.24) is 10.2 Å². The fraction of sp³-hybridized carbons (Fsp3) is 0.300. The van der Waals surface area contributed by atoms with Gasteiger partial charge >= 0.3 is 0 Å². The molecule has 2 aromatic rings. The molecular weight excluding hydrogens is 242 g/mol. The van der Waals surface area contributed by atoms with Crippen molar-refractivity contribution in [3.63, 3.8) is 0 Å². The number of rotatable bonds is 4. The predicted octanol–water partition coefficient (Wildman–Crippen LogP) is 1.48. The van der Waals surface area contributed by atoms with Gasteiger partial charge in [0.05, 0.1) is 11.5 Å². The maximum Gasteiger partial charge on any atom is 0.268 e. The van der Waals surface area contributed by atoms with Crippen LogP contribution in [-0.4, -0.2) is 21.7 Å². The summed E-state index contributed by atoms with van der Waals surface area (Å²) in [5.41, 5.74) is 0.808. The van der Waals surface area contributed by atoms with Crippen molar-refractivity contribution in [1.29, 1.82) is 0 Å². The number of hydrogen-bond acceptors (Lipinski definition) is 4. The second kappa shape index (κ2) is 4.54. The molecule has 0 aliphatic heterocycles. The van der Waals surface area contributed by atoms with Crippen molar-refractivity contribution in [2.75, 3.05) is 6.54 Å². The van der Waals surface area contributed by atoms with E-state index in [-0.39, 0.29) is 12.1 Å². The maximum atomic E-state index is 11.7. The van der Waals surface area contributed by atoms with Crippen molar-refractivity contribution in [2.45, 2.75) is 12.8 Å². The van der Waals surface area contributed by atoms with E-state index >= 15 is 0 Å². The third-order valence-corrected chi connectivity index (χ3v) is 3.56. The maximum absolute atomic E-state index is 11.7. The van der Waals surface area contributed by atoms with Crippen LogP contribution >= 0.6 is 11.3 Å². The summed E-state index contributed by atoms with van der Waals surface area (Å²) in [5, 5.41) is 17.7. The van der Waals surface area contributed by atoms with Gasteiger partial charge in [0, 0.05) is 15.5 Å². The molecule has 2 N–H and O–H groups in total. The first kappa shape index (κ1) is 11.6. The largest absolute Gasteiger partial charge is 0.302 e. The molecule has 0 radical (unpaired) electrons. The molecule has 7 heteroatoms. The Morgan fingerprint density at radius 1 is 1.53 bits per heavy atom. The van der Waals surface area contributed by atoms with Crippen molar-refractivity contribution >= 4 is 11.3 Å². The zero-order chi connectivity index (χ0) is 12.4. The summed E-state index contributed by atoms with van der Waals surface area (Å²) < 4.78 is 0. The molecule has 0 spiro atoms. The lowest BCUT2D eigenvalue weighted by atomic mass is 9.98. The topological polar surface area (TPSA) is 91.8 Å². The molecule has 0 fully saturated rings. The lowest BCUT2D eigenvalue weighted by Crippen LogP contribution is -2.19. The van der Waals surface area contributed by atoms with Gasteiger partial charge in [-0.05, 0) is 18.4 Å². The van der Waals surface area contributed by atoms with Gasteiger partial charge in [0.1, 0.15) is 0 Å². The van der Waals surface area contributed by atoms with Gasteiger partial charge < -0.3 is 5.10 Å². The number of nitrogens with zero attached hydrogens (tertiary/aromatic N) is 1. The number of aromatic nitrogens is 2. The van der Waals surface area contributed by atoms with Crippen molar-refractivity contribution < 1.29 is 4.92 Å². The summed E-state index contributed by atoms with van der Waals surface area (Å²) in [5.74, 6) is -0.486. The van der Waals surface area contributed by atoms with Gasteiger partial charge in [0.15, 0.2) is 0 Å². The van der Waals surface area contributed by atoms with Crippen molar-refractivity contribution in [3.05, 3.63) is 54.1 Å². The average Bonchev–Trinajstić information content (AvgIpc) is 2.86. The first-order valence-corrected chi connectivity index (χ1v) is 5.90.